The van der Waals surface area contributed by atoms with E-state index in [1.807, 2.05) is 49.0 Å². The summed E-state index contributed by atoms with van der Waals surface area (Å²) in [6.45, 7) is 12.2. The topological polar surface area (TPSA) is 92.8 Å². The molecule has 2 aromatic carbocycles. The lowest BCUT2D eigenvalue weighted by atomic mass is 9.97. The van der Waals surface area contributed by atoms with Gasteiger partial charge in [0.1, 0.15) is 23.5 Å². The Balaban J connectivity index is 1.30. The number of rotatable bonds is 6. The summed E-state index contributed by atoms with van der Waals surface area (Å²) in [6, 6.07) is 10.8. The van der Waals surface area contributed by atoms with Crippen LogP contribution in [0.2, 0.25) is 18.1 Å². The standard InChI is InChI=1S/C32H35F2N7O2Si/c1-31(2,3)44(6,7)43-32(4,5)29-35-15-19(16-36-29)18-11-12-21-22(13-18)41-23-14-24(28(41)38-21)40-17-37-39-27(40)20-9-8-10-25(26(20)23)42-30(33)34/h8-13,15-17,23-24,30H,14H2,1-7H3/t23-,24-/m1/s1. The second kappa shape index (κ2) is 9.73. The fourth-order valence-corrected chi connectivity index (χ4v) is 8.00. The Morgan fingerprint density at radius 1 is 0.977 bits per heavy atom. The first-order chi connectivity index (χ1) is 20.7. The molecule has 7 rings (SSSR count). The van der Waals surface area contributed by atoms with Gasteiger partial charge in [0.2, 0.25) is 0 Å². The first-order valence-corrected chi connectivity index (χ1v) is 17.7. The summed E-state index contributed by atoms with van der Waals surface area (Å²) in [5, 5.41) is 8.56. The molecule has 0 radical (unpaired) electrons. The molecule has 9 nitrogen and oxygen atoms in total. The summed E-state index contributed by atoms with van der Waals surface area (Å²) >= 11 is 0. The lowest BCUT2D eigenvalue weighted by molar-refractivity contribution is -0.0506. The van der Waals surface area contributed by atoms with Gasteiger partial charge in [-0.05, 0) is 55.7 Å². The third-order valence-corrected chi connectivity index (χ3v) is 14.0. The van der Waals surface area contributed by atoms with Crippen LogP contribution in [0.25, 0.3) is 33.5 Å². The number of imidazole rings is 1. The van der Waals surface area contributed by atoms with Crippen LogP contribution in [0.1, 0.15) is 70.3 Å². The van der Waals surface area contributed by atoms with Crippen molar-refractivity contribution < 1.29 is 17.9 Å². The number of hydrogen-bond acceptors (Lipinski definition) is 7. The van der Waals surface area contributed by atoms with E-state index >= 15 is 0 Å². The molecule has 12 heteroatoms. The van der Waals surface area contributed by atoms with Gasteiger partial charge in [-0.3, -0.25) is 0 Å². The van der Waals surface area contributed by atoms with Crippen molar-refractivity contribution in [1.82, 2.24) is 34.3 Å². The number of aromatic nitrogens is 7. The fraction of sp³-hybridized carbons (Fsp3) is 0.406. The van der Waals surface area contributed by atoms with E-state index in [1.54, 1.807) is 18.5 Å². The van der Waals surface area contributed by atoms with Crippen LogP contribution in [0, 0.1) is 0 Å². The van der Waals surface area contributed by atoms with Crippen LogP contribution in [-0.4, -0.2) is 49.2 Å². The Bertz CT molecular complexity index is 1890. The predicted molar refractivity (Wildman–Crippen MR) is 165 cm³/mol. The molecule has 2 bridgehead atoms. The molecule has 228 valence electrons. The summed E-state index contributed by atoms with van der Waals surface area (Å²) in [6.07, 6.45) is 5.96. The van der Waals surface area contributed by atoms with E-state index < -0.39 is 20.5 Å². The van der Waals surface area contributed by atoms with Crippen molar-refractivity contribution in [3.63, 3.8) is 0 Å². The zero-order chi connectivity index (χ0) is 31.2. The van der Waals surface area contributed by atoms with Gasteiger partial charge in [0.05, 0.1) is 23.1 Å². The molecule has 3 aromatic heterocycles. The van der Waals surface area contributed by atoms with E-state index in [2.05, 4.69) is 54.7 Å². The van der Waals surface area contributed by atoms with E-state index in [0.717, 1.165) is 33.5 Å². The van der Waals surface area contributed by atoms with Crippen molar-refractivity contribution in [2.24, 2.45) is 0 Å². The van der Waals surface area contributed by atoms with E-state index in [9.17, 15) is 8.78 Å². The van der Waals surface area contributed by atoms with Crippen molar-refractivity contribution in [2.75, 3.05) is 0 Å². The van der Waals surface area contributed by atoms with Crippen molar-refractivity contribution in [1.29, 1.82) is 0 Å². The van der Waals surface area contributed by atoms with Gasteiger partial charge in [0.15, 0.2) is 20.0 Å². The zero-order valence-corrected chi connectivity index (χ0v) is 26.8. The smallest absolute Gasteiger partial charge is 0.387 e. The molecule has 0 fully saturated rings. The fourth-order valence-electron chi connectivity index (χ4n) is 6.33. The normalized spacial score (nSPS) is 17.9. The van der Waals surface area contributed by atoms with E-state index in [0.29, 0.717) is 23.6 Å². The summed E-state index contributed by atoms with van der Waals surface area (Å²) < 4.78 is 42.9. The highest BCUT2D eigenvalue weighted by atomic mass is 28.4. The lowest BCUT2D eigenvalue weighted by Gasteiger charge is -2.42. The van der Waals surface area contributed by atoms with Crippen LogP contribution < -0.4 is 4.74 Å². The maximum absolute atomic E-state index is 13.5. The molecule has 0 unspecified atom stereocenters. The van der Waals surface area contributed by atoms with E-state index in [-0.39, 0.29) is 22.9 Å². The van der Waals surface area contributed by atoms with Crippen LogP contribution in [0.5, 0.6) is 5.75 Å². The summed E-state index contributed by atoms with van der Waals surface area (Å²) in [5.74, 6) is 2.21. The van der Waals surface area contributed by atoms with Gasteiger partial charge in [-0.25, -0.2) is 15.0 Å². The van der Waals surface area contributed by atoms with E-state index in [1.165, 1.54) is 0 Å². The van der Waals surface area contributed by atoms with Gasteiger partial charge < -0.3 is 18.3 Å². The van der Waals surface area contributed by atoms with Gasteiger partial charge in [-0.1, -0.05) is 39.0 Å². The third-order valence-electron chi connectivity index (χ3n) is 9.38. The molecule has 2 aliphatic rings. The first kappa shape index (κ1) is 28.7. The van der Waals surface area contributed by atoms with Gasteiger partial charge >= 0.3 is 6.61 Å². The largest absolute Gasteiger partial charge is 0.434 e. The molecular weight excluding hydrogens is 580 g/mol. The molecule has 2 aliphatic heterocycles. The minimum Gasteiger partial charge on any atom is -0.434 e. The highest BCUT2D eigenvalue weighted by molar-refractivity contribution is 6.74. The van der Waals surface area contributed by atoms with E-state index in [4.69, 9.17) is 24.1 Å². The molecule has 0 amide bonds. The molecule has 0 N–H and O–H groups in total. The monoisotopic (exact) mass is 615 g/mol. The van der Waals surface area contributed by atoms with Crippen LogP contribution in [0.4, 0.5) is 8.78 Å². The lowest BCUT2D eigenvalue weighted by Crippen LogP contribution is -2.46. The molecule has 5 heterocycles. The predicted octanol–water partition coefficient (Wildman–Crippen LogP) is 7.51. The molecule has 0 saturated carbocycles. The van der Waals surface area contributed by atoms with Gasteiger partial charge in [-0.2, -0.15) is 8.78 Å². The summed E-state index contributed by atoms with van der Waals surface area (Å²) in [4.78, 5) is 14.5. The first-order valence-electron chi connectivity index (χ1n) is 14.8. The minimum atomic E-state index is -2.95. The molecule has 0 aliphatic carbocycles. The second-order valence-electron chi connectivity index (χ2n) is 13.6. The third kappa shape index (κ3) is 4.45. The second-order valence-corrected chi connectivity index (χ2v) is 18.4. The summed E-state index contributed by atoms with van der Waals surface area (Å²) in [7, 11) is -2.05. The maximum Gasteiger partial charge on any atom is 0.387 e. The molecule has 0 spiro atoms. The number of ether oxygens (including phenoxy) is 1. The molecule has 2 atom stereocenters. The number of hydrogen-bond donors (Lipinski definition) is 0. The molecule has 44 heavy (non-hydrogen) atoms. The Morgan fingerprint density at radius 2 is 1.73 bits per heavy atom. The SMILES string of the molecule is CC(C)(O[Si](C)(C)C(C)(C)C)c1ncc(-c2ccc3nc4n(c3c2)[C@@H]2C[C@H]4n3cnnc3-c3cccc(OC(F)F)c32)cn1. The minimum absolute atomic E-state index is 0.0608. The van der Waals surface area contributed by atoms with Gasteiger partial charge in [0.25, 0.3) is 0 Å². The van der Waals surface area contributed by atoms with Crippen LogP contribution in [-0.2, 0) is 10.0 Å². The number of benzene rings is 2. The number of halogens is 2. The Hall–Kier alpha value is -4.03. The highest BCUT2D eigenvalue weighted by Gasteiger charge is 2.44. The summed E-state index contributed by atoms with van der Waals surface area (Å²) in [5.41, 5.74) is 4.23. The molecular formula is C32H35F2N7O2Si. The molecule has 0 saturated heterocycles. The van der Waals surface area contributed by atoms with Crippen molar-refractivity contribution in [2.45, 2.75) is 83.5 Å². The average molecular weight is 616 g/mol. The Kier molecular flexibility index (Phi) is 6.35. The van der Waals surface area contributed by atoms with Gasteiger partial charge in [-0.15, -0.1) is 10.2 Å². The number of fused-ring (bicyclic) bond motifs is 6. The van der Waals surface area contributed by atoms with Crippen molar-refractivity contribution in [3.8, 4) is 28.3 Å². The highest BCUT2D eigenvalue weighted by Crippen LogP contribution is 2.52. The van der Waals surface area contributed by atoms with Gasteiger partial charge in [0, 0.05) is 35.5 Å². The quantitative estimate of drug-likeness (QED) is 0.183. The van der Waals surface area contributed by atoms with Crippen LogP contribution >= 0.6 is 0 Å². The van der Waals surface area contributed by atoms with Crippen molar-refractivity contribution >= 4 is 19.4 Å². The number of nitrogens with zero attached hydrogens (tertiary/aromatic N) is 7. The maximum atomic E-state index is 13.5. The Morgan fingerprint density at radius 3 is 2.43 bits per heavy atom. The zero-order valence-electron chi connectivity index (χ0n) is 25.8. The molecule has 5 aromatic rings. The van der Waals surface area contributed by atoms with Crippen LogP contribution in [0.3, 0.4) is 0 Å². The number of alkyl halides is 2. The van der Waals surface area contributed by atoms with Crippen LogP contribution in [0.15, 0.2) is 55.1 Å². The Labute approximate surface area is 255 Å². The average Bonchev–Trinajstić information content (AvgIpc) is 3.63. The van der Waals surface area contributed by atoms with Crippen molar-refractivity contribution in [3.05, 3.63) is 72.3 Å².